The van der Waals surface area contributed by atoms with E-state index in [4.69, 9.17) is 9.47 Å². The summed E-state index contributed by atoms with van der Waals surface area (Å²) in [6.07, 6.45) is 6.46. The zero-order valence-electron chi connectivity index (χ0n) is 31.7. The molecule has 8 heteroatoms. The molecule has 2 aliphatic carbocycles. The van der Waals surface area contributed by atoms with Crippen molar-refractivity contribution in [2.75, 3.05) is 6.61 Å². The van der Waals surface area contributed by atoms with Gasteiger partial charge in [-0.05, 0) is 60.9 Å². The molecule has 0 aliphatic heterocycles. The molecule has 6 atom stereocenters. The molecule has 0 radical (unpaired) electrons. The fourth-order valence-corrected chi connectivity index (χ4v) is 9.01. The molecule has 0 saturated heterocycles. The summed E-state index contributed by atoms with van der Waals surface area (Å²) in [5.74, 6) is -6.83. The summed E-state index contributed by atoms with van der Waals surface area (Å²) >= 11 is 0. The molecule has 2 fully saturated rings. The van der Waals surface area contributed by atoms with E-state index in [0.29, 0.717) is 6.61 Å². The third kappa shape index (κ3) is 9.01. The van der Waals surface area contributed by atoms with Crippen molar-refractivity contribution in [2.24, 2.45) is 23.7 Å². The van der Waals surface area contributed by atoms with Gasteiger partial charge in [-0.3, -0.25) is 19.2 Å². The van der Waals surface area contributed by atoms with Crippen molar-refractivity contribution in [3.05, 3.63) is 143 Å². The lowest BCUT2D eigenvalue weighted by atomic mass is 9.52. The Morgan fingerprint density at radius 2 is 0.873 bits per heavy atom. The minimum Gasteiger partial charge on any atom is -0.481 e. The van der Waals surface area contributed by atoms with E-state index >= 15 is 0 Å². The van der Waals surface area contributed by atoms with Gasteiger partial charge in [0, 0.05) is 23.7 Å². The molecule has 288 valence electrons. The first kappa shape index (κ1) is 39.5. The van der Waals surface area contributed by atoms with Crippen molar-refractivity contribution in [3.8, 4) is 0 Å². The monoisotopic (exact) mass is 744 g/mol. The number of carbonyl (C=O) groups excluding carboxylic acids is 2. The lowest BCUT2D eigenvalue weighted by molar-refractivity contribution is -0.167. The molecular formula is C47H52O8. The fourth-order valence-electron chi connectivity index (χ4n) is 9.01. The third-order valence-electron chi connectivity index (χ3n) is 11.6. The number of carboxylic acid groups (broad SMARTS) is 2. The highest BCUT2D eigenvalue weighted by atomic mass is 16.5. The second-order valence-electron chi connectivity index (χ2n) is 15.4. The van der Waals surface area contributed by atoms with Gasteiger partial charge in [0.25, 0.3) is 0 Å². The minimum atomic E-state index is -0.907. The Labute approximate surface area is 323 Å². The lowest BCUT2D eigenvalue weighted by Crippen LogP contribution is -2.51. The zero-order valence-corrected chi connectivity index (χ0v) is 31.7. The van der Waals surface area contributed by atoms with Gasteiger partial charge in [0.1, 0.15) is 0 Å². The van der Waals surface area contributed by atoms with Gasteiger partial charge in [-0.25, -0.2) is 0 Å². The number of rotatable bonds is 18. The summed E-state index contributed by atoms with van der Waals surface area (Å²) in [4.78, 5) is 51.7. The van der Waals surface area contributed by atoms with Crippen LogP contribution in [0.25, 0.3) is 0 Å². The van der Waals surface area contributed by atoms with Crippen LogP contribution in [0.15, 0.2) is 115 Å². The first-order valence-corrected chi connectivity index (χ1v) is 19.7. The molecule has 2 N–H and O–H groups in total. The molecular weight excluding hydrogens is 693 g/mol. The average molecular weight is 745 g/mol. The van der Waals surface area contributed by atoms with E-state index in [-0.39, 0.29) is 18.0 Å². The molecule has 0 spiro atoms. The Hall–Kier alpha value is -5.24. The molecule has 0 amide bonds. The van der Waals surface area contributed by atoms with Crippen molar-refractivity contribution in [1.82, 2.24) is 0 Å². The molecule has 0 heterocycles. The maximum absolute atomic E-state index is 13.5. The average Bonchev–Trinajstić information content (AvgIpc) is 3.14. The quantitative estimate of drug-likeness (QED) is 0.0763. The normalized spacial score (nSPS) is 24.3. The Morgan fingerprint density at radius 3 is 1.29 bits per heavy atom. The van der Waals surface area contributed by atoms with E-state index in [1.54, 1.807) is 0 Å². The Kier molecular flexibility index (Phi) is 13.2. The number of aryl methyl sites for hydroxylation is 1. The lowest BCUT2D eigenvalue weighted by Gasteiger charge is -2.49. The third-order valence-corrected chi connectivity index (χ3v) is 11.6. The van der Waals surface area contributed by atoms with E-state index in [9.17, 15) is 29.4 Å². The molecule has 0 unspecified atom stereocenters. The van der Waals surface area contributed by atoms with Gasteiger partial charge in [0.2, 0.25) is 0 Å². The molecule has 0 bridgehead atoms. The first-order valence-electron chi connectivity index (χ1n) is 19.7. The summed E-state index contributed by atoms with van der Waals surface area (Å²) in [5, 5.41) is 20.4. The van der Waals surface area contributed by atoms with Crippen LogP contribution in [0.2, 0.25) is 0 Å². The molecule has 0 aromatic heterocycles. The Bertz CT molecular complexity index is 1830. The second kappa shape index (κ2) is 18.4. The van der Waals surface area contributed by atoms with Crippen LogP contribution in [0.3, 0.4) is 0 Å². The van der Waals surface area contributed by atoms with Gasteiger partial charge >= 0.3 is 23.9 Å². The summed E-state index contributed by atoms with van der Waals surface area (Å²) in [7, 11) is 0. The number of hydrogen-bond acceptors (Lipinski definition) is 6. The number of carboxylic acids is 2. The summed E-state index contributed by atoms with van der Waals surface area (Å²) in [5.41, 5.74) is 4.55. The second-order valence-corrected chi connectivity index (χ2v) is 15.4. The maximum Gasteiger partial charge on any atom is 0.310 e. The number of benzene rings is 4. The number of carbonyl (C=O) groups is 4. The van der Waals surface area contributed by atoms with Crippen molar-refractivity contribution in [1.29, 1.82) is 0 Å². The van der Waals surface area contributed by atoms with Gasteiger partial charge in [-0.2, -0.15) is 0 Å². The topological polar surface area (TPSA) is 127 Å². The number of unbranched alkanes of at least 4 members (excludes halogenated alkanes) is 5. The van der Waals surface area contributed by atoms with E-state index in [1.165, 1.54) is 5.56 Å². The molecule has 6 rings (SSSR count). The number of ether oxygens (including phenoxy) is 2. The summed E-state index contributed by atoms with van der Waals surface area (Å²) in [6.45, 7) is 3.93. The number of hydrogen-bond donors (Lipinski definition) is 2. The Morgan fingerprint density at radius 1 is 0.491 bits per heavy atom. The van der Waals surface area contributed by atoms with Crippen LogP contribution in [0.5, 0.6) is 0 Å². The molecule has 55 heavy (non-hydrogen) atoms. The Balaban J connectivity index is 0.951. The van der Waals surface area contributed by atoms with Gasteiger partial charge in [0.15, 0.2) is 0 Å². The minimum absolute atomic E-state index is 0.290. The van der Waals surface area contributed by atoms with Crippen molar-refractivity contribution in [2.45, 2.75) is 88.6 Å². The highest BCUT2D eigenvalue weighted by molar-refractivity contribution is 5.85. The predicted octanol–water partition coefficient (Wildman–Crippen LogP) is 9.16. The predicted molar refractivity (Wildman–Crippen MR) is 210 cm³/mol. The molecule has 2 aliphatic rings. The van der Waals surface area contributed by atoms with Crippen LogP contribution < -0.4 is 0 Å². The van der Waals surface area contributed by atoms with E-state index in [0.717, 1.165) is 67.2 Å². The molecule has 4 aromatic rings. The van der Waals surface area contributed by atoms with Crippen LogP contribution >= 0.6 is 0 Å². The number of aliphatic carboxylic acids is 2. The van der Waals surface area contributed by atoms with Crippen LogP contribution in [-0.2, 0) is 35.1 Å². The van der Waals surface area contributed by atoms with Gasteiger partial charge < -0.3 is 19.7 Å². The van der Waals surface area contributed by atoms with Crippen LogP contribution in [0, 0.1) is 23.7 Å². The van der Waals surface area contributed by atoms with Gasteiger partial charge in [0.05, 0.1) is 36.4 Å². The highest BCUT2D eigenvalue weighted by Gasteiger charge is 2.60. The van der Waals surface area contributed by atoms with Crippen LogP contribution in [0.1, 0.15) is 104 Å². The fraction of sp³-hybridized carbons (Fsp3) is 0.404. The van der Waals surface area contributed by atoms with E-state index in [1.807, 2.05) is 117 Å². The smallest absolute Gasteiger partial charge is 0.310 e. The van der Waals surface area contributed by atoms with Crippen molar-refractivity contribution < 1.29 is 38.9 Å². The number of esters is 2. The zero-order chi connectivity index (χ0) is 38.9. The van der Waals surface area contributed by atoms with Gasteiger partial charge in [-0.1, -0.05) is 141 Å². The van der Waals surface area contributed by atoms with Crippen molar-refractivity contribution in [3.63, 3.8) is 0 Å². The molecule has 2 saturated carbocycles. The van der Waals surface area contributed by atoms with E-state index < -0.39 is 59.3 Å². The largest absolute Gasteiger partial charge is 0.481 e. The summed E-state index contributed by atoms with van der Waals surface area (Å²) in [6, 6.07) is 36.3. The van der Waals surface area contributed by atoms with Gasteiger partial charge in [-0.15, -0.1) is 0 Å². The van der Waals surface area contributed by atoms with Crippen LogP contribution in [0.4, 0.5) is 0 Å². The molecule has 4 aromatic carbocycles. The summed E-state index contributed by atoms with van der Waals surface area (Å²) < 4.78 is 11.4. The van der Waals surface area contributed by atoms with Crippen LogP contribution in [-0.4, -0.2) is 46.8 Å². The maximum atomic E-state index is 13.5. The van der Waals surface area contributed by atoms with E-state index in [2.05, 4.69) is 12.1 Å². The highest BCUT2D eigenvalue weighted by Crippen LogP contribution is 2.59. The first-order chi connectivity index (χ1) is 26.7. The SMILES string of the molecule is CC(C)OC(=O)[C@@H]1[C@H](c2ccccc2)[C@H](C(=O)O)[C@H]1c1ccc(CCCCCCCCOC(=O)[C@H]2[C@H](c3ccccc3)[C@@H](C(=O)O)[C@H]2c2ccccc2)cc1. The standard InChI is InChI=1S/C47H52O8/c1-30(2)55-47(53)43-38(34-23-15-9-16-24-34)41(45(50)51)39(43)35-27-25-31(26-28-35)18-10-5-3-4-6-17-29-54-46(52)42-36(32-19-11-7-12-20-32)40(44(48)49)37(42)33-21-13-8-14-22-33/h7-9,11-16,19-28,30,36-43H,3-6,10,17-18,29H2,1-2H3,(H,48,49)(H,50,51)/t36-,37-,38-,39-,40-,41+,42+,43-/m1/s1. The molecule has 8 nitrogen and oxygen atoms in total. The van der Waals surface area contributed by atoms with Crippen molar-refractivity contribution >= 4 is 23.9 Å².